The number of nitrogens with one attached hydrogen (secondary N) is 1. The molecule has 4 rings (SSSR count). The highest BCUT2D eigenvalue weighted by molar-refractivity contribution is 5.91. The van der Waals surface area contributed by atoms with Crippen molar-refractivity contribution in [3.63, 3.8) is 0 Å². The highest BCUT2D eigenvalue weighted by Crippen LogP contribution is 2.25. The van der Waals surface area contributed by atoms with Gasteiger partial charge >= 0.3 is 0 Å². The molecule has 1 amide bonds. The average Bonchev–Trinajstić information content (AvgIpc) is 3.18. The van der Waals surface area contributed by atoms with Crippen LogP contribution in [0.1, 0.15) is 41.1 Å². The summed E-state index contributed by atoms with van der Waals surface area (Å²) in [7, 11) is 1.68. The molecule has 0 radical (unpaired) electrons. The fourth-order valence-corrected chi connectivity index (χ4v) is 3.84. The first kappa shape index (κ1) is 19.0. The lowest BCUT2D eigenvalue weighted by Gasteiger charge is -2.42. The van der Waals surface area contributed by atoms with Crippen molar-refractivity contribution >= 4 is 5.91 Å². The number of hydrogen-bond acceptors (Lipinski definition) is 6. The highest BCUT2D eigenvalue weighted by Gasteiger charge is 2.39. The number of carbonyl (C=O) groups is 1. The van der Waals surface area contributed by atoms with Crippen LogP contribution in [0.25, 0.3) is 0 Å². The molecule has 0 atom stereocenters. The number of likely N-dealkylation sites (tertiary alicyclic amines) is 1. The summed E-state index contributed by atoms with van der Waals surface area (Å²) in [5.74, 6) is 1.14. The van der Waals surface area contributed by atoms with Gasteiger partial charge < -0.3 is 24.2 Å². The number of ether oxygens (including phenoxy) is 2. The molecule has 3 heterocycles. The Bertz CT molecular complexity index is 809. The summed E-state index contributed by atoms with van der Waals surface area (Å²) < 4.78 is 16.3. The third-order valence-electron chi connectivity index (χ3n) is 5.54. The summed E-state index contributed by atoms with van der Waals surface area (Å²) in [6, 6.07) is 9.74. The number of amides is 1. The Hall–Kier alpha value is -2.38. The van der Waals surface area contributed by atoms with Crippen molar-refractivity contribution in [2.75, 3.05) is 33.4 Å². The van der Waals surface area contributed by atoms with Crippen LogP contribution in [0.3, 0.4) is 0 Å². The second-order valence-corrected chi connectivity index (χ2v) is 7.65. The number of piperidine rings is 1. The predicted molar refractivity (Wildman–Crippen MR) is 103 cm³/mol. The Balaban J connectivity index is 1.39. The van der Waals surface area contributed by atoms with Gasteiger partial charge in [0.1, 0.15) is 5.75 Å². The van der Waals surface area contributed by atoms with Gasteiger partial charge in [0, 0.05) is 37.7 Å². The Kier molecular flexibility index (Phi) is 5.64. The summed E-state index contributed by atoms with van der Waals surface area (Å²) in [4.78, 5) is 14.4. The van der Waals surface area contributed by atoms with Gasteiger partial charge in [0.15, 0.2) is 0 Å². The van der Waals surface area contributed by atoms with Gasteiger partial charge in [0.05, 0.1) is 31.6 Å². The molecule has 2 saturated heterocycles. The van der Waals surface area contributed by atoms with Gasteiger partial charge in [-0.05, 0) is 25.3 Å². The second kappa shape index (κ2) is 8.32. The van der Waals surface area contributed by atoms with Crippen LogP contribution in [0.2, 0.25) is 0 Å². The largest absolute Gasteiger partial charge is 0.496 e. The monoisotopic (exact) mass is 385 g/mol. The van der Waals surface area contributed by atoms with Gasteiger partial charge in [-0.25, -0.2) is 0 Å². The zero-order valence-corrected chi connectivity index (χ0v) is 16.3. The molecule has 1 N–H and O–H groups in total. The SMILES string of the molecule is COc1ccccc1CNC1(Cc2cc(C(=O)N3CCCCC3)on2)COC1. The first-order chi connectivity index (χ1) is 13.7. The minimum Gasteiger partial charge on any atom is -0.496 e. The van der Waals surface area contributed by atoms with Gasteiger partial charge in [-0.3, -0.25) is 4.79 Å². The van der Waals surface area contributed by atoms with Crippen molar-refractivity contribution in [2.45, 2.75) is 37.8 Å². The topological polar surface area (TPSA) is 76.8 Å². The van der Waals surface area contributed by atoms with Crippen LogP contribution < -0.4 is 10.1 Å². The highest BCUT2D eigenvalue weighted by atomic mass is 16.5. The molecule has 2 aromatic rings. The number of nitrogens with zero attached hydrogens (tertiary/aromatic N) is 2. The Morgan fingerprint density at radius 1 is 1.25 bits per heavy atom. The standard InChI is InChI=1S/C21H27N3O4/c1-26-18-8-4-3-7-16(18)13-22-21(14-27-15-21)12-17-11-19(28-23-17)20(25)24-9-5-2-6-10-24/h3-4,7-8,11,22H,2,5-6,9-10,12-15H2,1H3. The predicted octanol–water partition coefficient (Wildman–Crippen LogP) is 2.41. The fourth-order valence-electron chi connectivity index (χ4n) is 3.84. The molecule has 150 valence electrons. The molecule has 0 bridgehead atoms. The summed E-state index contributed by atoms with van der Waals surface area (Å²) in [5, 5.41) is 7.74. The molecule has 2 aliphatic rings. The molecule has 0 unspecified atom stereocenters. The zero-order chi connectivity index (χ0) is 19.4. The molecular formula is C21H27N3O4. The maximum absolute atomic E-state index is 12.6. The number of benzene rings is 1. The van der Waals surface area contributed by atoms with Crippen LogP contribution in [0.4, 0.5) is 0 Å². The first-order valence-electron chi connectivity index (χ1n) is 9.89. The van der Waals surface area contributed by atoms with Crippen molar-refractivity contribution in [1.82, 2.24) is 15.4 Å². The zero-order valence-electron chi connectivity index (χ0n) is 16.3. The van der Waals surface area contributed by atoms with E-state index in [-0.39, 0.29) is 11.4 Å². The van der Waals surface area contributed by atoms with E-state index >= 15 is 0 Å². The van der Waals surface area contributed by atoms with E-state index in [4.69, 9.17) is 14.0 Å². The van der Waals surface area contributed by atoms with Crippen molar-refractivity contribution in [1.29, 1.82) is 0 Å². The molecule has 7 heteroatoms. The Morgan fingerprint density at radius 3 is 2.75 bits per heavy atom. The van der Waals surface area contributed by atoms with Crippen LogP contribution in [-0.2, 0) is 17.7 Å². The van der Waals surface area contributed by atoms with E-state index in [0.717, 1.165) is 42.9 Å². The van der Waals surface area contributed by atoms with E-state index < -0.39 is 0 Å². The average molecular weight is 385 g/mol. The smallest absolute Gasteiger partial charge is 0.292 e. The van der Waals surface area contributed by atoms with Gasteiger partial charge in [-0.1, -0.05) is 23.4 Å². The second-order valence-electron chi connectivity index (χ2n) is 7.65. The van der Waals surface area contributed by atoms with Crippen LogP contribution in [0.5, 0.6) is 5.75 Å². The van der Waals surface area contributed by atoms with Crippen molar-refractivity contribution in [3.05, 3.63) is 47.3 Å². The minimum absolute atomic E-state index is 0.0562. The number of rotatable bonds is 7. The van der Waals surface area contributed by atoms with Gasteiger partial charge in [-0.2, -0.15) is 0 Å². The maximum atomic E-state index is 12.6. The molecule has 2 fully saturated rings. The van der Waals surface area contributed by atoms with Gasteiger partial charge in [0.25, 0.3) is 5.91 Å². The number of hydrogen-bond donors (Lipinski definition) is 1. The lowest BCUT2D eigenvalue weighted by atomic mass is 9.90. The summed E-state index contributed by atoms with van der Waals surface area (Å²) >= 11 is 0. The third kappa shape index (κ3) is 4.05. The van der Waals surface area contributed by atoms with Crippen molar-refractivity contribution in [2.24, 2.45) is 0 Å². The van der Waals surface area contributed by atoms with E-state index in [1.807, 2.05) is 29.2 Å². The van der Waals surface area contributed by atoms with E-state index in [0.29, 0.717) is 31.9 Å². The van der Waals surface area contributed by atoms with Crippen LogP contribution in [0.15, 0.2) is 34.9 Å². The number of para-hydroxylation sites is 1. The molecular weight excluding hydrogens is 358 g/mol. The molecule has 28 heavy (non-hydrogen) atoms. The summed E-state index contributed by atoms with van der Waals surface area (Å²) in [6.45, 7) is 3.47. The van der Waals surface area contributed by atoms with E-state index in [1.165, 1.54) is 6.42 Å². The third-order valence-corrected chi connectivity index (χ3v) is 5.54. The normalized spacial score (nSPS) is 18.5. The molecule has 1 aromatic carbocycles. The molecule has 2 aliphatic heterocycles. The first-order valence-corrected chi connectivity index (χ1v) is 9.89. The molecule has 0 saturated carbocycles. The number of carbonyl (C=O) groups excluding carboxylic acids is 1. The van der Waals surface area contributed by atoms with Crippen LogP contribution >= 0.6 is 0 Å². The van der Waals surface area contributed by atoms with Crippen LogP contribution in [0, 0.1) is 0 Å². The maximum Gasteiger partial charge on any atom is 0.292 e. The molecule has 7 nitrogen and oxygen atoms in total. The lowest BCUT2D eigenvalue weighted by molar-refractivity contribution is -0.0756. The summed E-state index contributed by atoms with van der Waals surface area (Å²) in [6.07, 6.45) is 3.95. The number of aromatic nitrogens is 1. The molecule has 1 aromatic heterocycles. The van der Waals surface area contributed by atoms with Gasteiger partial charge in [0.2, 0.25) is 5.76 Å². The van der Waals surface area contributed by atoms with Crippen LogP contribution in [-0.4, -0.2) is 54.9 Å². The molecule has 0 aliphatic carbocycles. The van der Waals surface area contributed by atoms with E-state index in [1.54, 1.807) is 13.2 Å². The van der Waals surface area contributed by atoms with Gasteiger partial charge in [-0.15, -0.1) is 0 Å². The Morgan fingerprint density at radius 2 is 2.04 bits per heavy atom. The quantitative estimate of drug-likeness (QED) is 0.789. The van der Waals surface area contributed by atoms with Crippen molar-refractivity contribution < 1.29 is 18.8 Å². The Labute approximate surface area is 165 Å². The van der Waals surface area contributed by atoms with Crippen molar-refractivity contribution in [3.8, 4) is 5.75 Å². The lowest BCUT2D eigenvalue weighted by Crippen LogP contribution is -2.61. The van der Waals surface area contributed by atoms with E-state index in [9.17, 15) is 4.79 Å². The van der Waals surface area contributed by atoms with E-state index in [2.05, 4.69) is 10.5 Å². The molecule has 0 spiro atoms. The summed E-state index contributed by atoms with van der Waals surface area (Å²) in [5.41, 5.74) is 1.66. The fraction of sp³-hybridized carbons (Fsp3) is 0.524. The number of methoxy groups -OCH3 is 1. The minimum atomic E-state index is -0.205.